The third kappa shape index (κ3) is 7.89. The van der Waals surface area contributed by atoms with Gasteiger partial charge in [-0.05, 0) is 37.1 Å². The largest absolute Gasteiger partial charge is 0.522 e. The fourth-order valence-corrected chi connectivity index (χ4v) is 2.83. The number of hydrogen-bond acceptors (Lipinski definition) is 8. The number of benzene rings is 1. The van der Waals surface area contributed by atoms with Gasteiger partial charge in [0.25, 0.3) is 5.91 Å². The number of ether oxygens (including phenoxy) is 4. The summed E-state index contributed by atoms with van der Waals surface area (Å²) in [6.07, 6.45) is -4.43. The molecule has 9 nitrogen and oxygen atoms in total. The van der Waals surface area contributed by atoms with Crippen LogP contribution >= 0.6 is 11.6 Å². The van der Waals surface area contributed by atoms with E-state index in [4.69, 9.17) is 30.2 Å². The molecule has 1 N–H and O–H groups in total. The minimum atomic E-state index is -4.73. The van der Waals surface area contributed by atoms with Crippen molar-refractivity contribution in [1.29, 1.82) is 0 Å². The molecule has 170 valence electrons. The molecule has 0 unspecified atom stereocenters. The van der Waals surface area contributed by atoms with Gasteiger partial charge in [-0.25, -0.2) is 0 Å². The number of rotatable bonds is 9. The van der Waals surface area contributed by atoms with E-state index in [1.165, 1.54) is 0 Å². The second kappa shape index (κ2) is 10.6. The predicted octanol–water partition coefficient (Wildman–Crippen LogP) is 3.05. The van der Waals surface area contributed by atoms with Crippen molar-refractivity contribution in [2.24, 2.45) is 0 Å². The molecule has 31 heavy (non-hydrogen) atoms. The average molecular weight is 466 g/mol. The molecule has 1 fully saturated rings. The van der Waals surface area contributed by atoms with E-state index in [1.807, 2.05) is 0 Å². The number of carbonyl (C=O) groups is 1. The fraction of sp³-hybridized carbons (Fsp3) is 0.500. The van der Waals surface area contributed by atoms with Crippen molar-refractivity contribution in [2.75, 3.05) is 26.4 Å². The highest BCUT2D eigenvalue weighted by Crippen LogP contribution is 2.28. The number of nitrogens with zero attached hydrogens (tertiary/aromatic N) is 2. The molecule has 2 heterocycles. The first kappa shape index (κ1) is 23.1. The standard InChI is InChI=1S/C18H19ClF3N3O6/c19-11-1-4-13(5-2-11)28-10-15(26)23-12-3-6-14(29-9-12)16-24-25-17(31-16)27-7-8-30-18(20,21)22/h1-2,4-5,12,14H,3,6-10H2,(H,23,26)/t12-,14+/m0/s1. The van der Waals surface area contributed by atoms with Crippen LogP contribution < -0.4 is 14.8 Å². The summed E-state index contributed by atoms with van der Waals surface area (Å²) in [5.74, 6) is 0.373. The Morgan fingerprint density at radius 3 is 2.61 bits per heavy atom. The van der Waals surface area contributed by atoms with Crippen LogP contribution in [-0.2, 0) is 14.3 Å². The van der Waals surface area contributed by atoms with E-state index >= 15 is 0 Å². The van der Waals surface area contributed by atoms with E-state index in [-0.39, 0.29) is 37.1 Å². The quantitative estimate of drug-likeness (QED) is 0.563. The Hall–Kier alpha value is -2.57. The molecule has 1 saturated heterocycles. The third-order valence-corrected chi connectivity index (χ3v) is 4.35. The van der Waals surface area contributed by atoms with Gasteiger partial charge in [0.15, 0.2) is 6.61 Å². The van der Waals surface area contributed by atoms with Crippen molar-refractivity contribution in [1.82, 2.24) is 15.5 Å². The number of nitrogens with one attached hydrogen (secondary N) is 1. The van der Waals surface area contributed by atoms with Gasteiger partial charge >= 0.3 is 12.4 Å². The maximum atomic E-state index is 12.0. The molecule has 2 aromatic rings. The van der Waals surface area contributed by atoms with Gasteiger partial charge in [-0.2, -0.15) is 0 Å². The zero-order valence-corrected chi connectivity index (χ0v) is 16.8. The van der Waals surface area contributed by atoms with E-state index in [1.54, 1.807) is 24.3 Å². The van der Waals surface area contributed by atoms with Crippen LogP contribution in [0.1, 0.15) is 24.8 Å². The van der Waals surface area contributed by atoms with Crippen LogP contribution in [0.5, 0.6) is 11.8 Å². The second-order valence-corrected chi connectivity index (χ2v) is 6.89. The molecule has 3 rings (SSSR count). The first-order chi connectivity index (χ1) is 14.8. The zero-order valence-electron chi connectivity index (χ0n) is 16.1. The van der Waals surface area contributed by atoms with E-state index in [0.717, 1.165) is 0 Å². The van der Waals surface area contributed by atoms with Crippen molar-refractivity contribution in [3.05, 3.63) is 35.2 Å². The molecule has 1 aliphatic rings. The summed E-state index contributed by atoms with van der Waals surface area (Å²) < 4.78 is 60.4. The Bertz CT molecular complexity index is 841. The molecule has 0 bridgehead atoms. The van der Waals surface area contributed by atoms with Crippen LogP contribution in [0.25, 0.3) is 0 Å². The molecule has 0 spiro atoms. The smallest absolute Gasteiger partial charge is 0.484 e. The number of hydrogen-bond donors (Lipinski definition) is 1. The summed E-state index contributed by atoms with van der Waals surface area (Å²) in [5, 5.41) is 10.8. The number of aromatic nitrogens is 2. The first-order valence-electron chi connectivity index (χ1n) is 9.25. The normalized spacial score (nSPS) is 19.1. The van der Waals surface area contributed by atoms with Gasteiger partial charge in [0.1, 0.15) is 18.5 Å². The minimum Gasteiger partial charge on any atom is -0.484 e. The lowest BCUT2D eigenvalue weighted by Gasteiger charge is -2.27. The predicted molar refractivity (Wildman–Crippen MR) is 98.6 cm³/mol. The van der Waals surface area contributed by atoms with Crippen molar-refractivity contribution in [2.45, 2.75) is 31.3 Å². The van der Waals surface area contributed by atoms with Crippen molar-refractivity contribution >= 4 is 17.5 Å². The molecule has 0 aliphatic carbocycles. The van der Waals surface area contributed by atoms with E-state index in [2.05, 4.69) is 20.3 Å². The highest BCUT2D eigenvalue weighted by atomic mass is 35.5. The number of halogens is 4. The van der Waals surface area contributed by atoms with Crippen molar-refractivity contribution in [3.8, 4) is 11.8 Å². The lowest BCUT2D eigenvalue weighted by atomic mass is 10.1. The Morgan fingerprint density at radius 2 is 1.94 bits per heavy atom. The zero-order chi connectivity index (χ0) is 22.3. The summed E-state index contributed by atoms with van der Waals surface area (Å²) >= 11 is 5.79. The van der Waals surface area contributed by atoms with Crippen LogP contribution in [0.15, 0.2) is 28.7 Å². The van der Waals surface area contributed by atoms with Gasteiger partial charge in [-0.1, -0.05) is 16.7 Å². The van der Waals surface area contributed by atoms with Gasteiger partial charge in [-0.3, -0.25) is 9.53 Å². The molecule has 0 saturated carbocycles. The first-order valence-corrected chi connectivity index (χ1v) is 9.62. The average Bonchev–Trinajstić information content (AvgIpc) is 3.20. The summed E-state index contributed by atoms with van der Waals surface area (Å²) in [4.78, 5) is 12.0. The topological polar surface area (TPSA) is 105 Å². The number of carbonyl (C=O) groups excluding carboxylic acids is 1. The molecule has 1 aromatic heterocycles. The van der Waals surface area contributed by atoms with Crippen LogP contribution in [0.3, 0.4) is 0 Å². The lowest BCUT2D eigenvalue weighted by Crippen LogP contribution is -2.43. The Morgan fingerprint density at radius 1 is 1.16 bits per heavy atom. The lowest BCUT2D eigenvalue weighted by molar-refractivity contribution is -0.325. The van der Waals surface area contributed by atoms with Crippen LogP contribution in [0.2, 0.25) is 5.02 Å². The van der Waals surface area contributed by atoms with Gasteiger partial charge in [-0.15, -0.1) is 18.3 Å². The molecular formula is C18H19ClF3N3O6. The fourth-order valence-electron chi connectivity index (χ4n) is 2.70. The summed E-state index contributed by atoms with van der Waals surface area (Å²) in [6.45, 7) is -1.04. The van der Waals surface area contributed by atoms with Gasteiger partial charge in [0.2, 0.25) is 5.89 Å². The van der Waals surface area contributed by atoms with Crippen molar-refractivity contribution in [3.63, 3.8) is 0 Å². The van der Waals surface area contributed by atoms with Crippen LogP contribution in [0, 0.1) is 0 Å². The third-order valence-electron chi connectivity index (χ3n) is 4.10. The van der Waals surface area contributed by atoms with E-state index < -0.39 is 25.7 Å². The molecule has 13 heteroatoms. The summed E-state index contributed by atoms with van der Waals surface area (Å²) in [6, 6.07) is 6.43. The SMILES string of the molecule is O=C(COc1ccc(Cl)cc1)N[C@H]1CC[C@H](c2nnc(OCCOC(F)(F)F)o2)OC1. The number of amides is 1. The van der Waals surface area contributed by atoms with Gasteiger partial charge < -0.3 is 23.9 Å². The summed E-state index contributed by atoms with van der Waals surface area (Å²) in [7, 11) is 0. The monoisotopic (exact) mass is 465 g/mol. The Balaban J connectivity index is 1.35. The van der Waals surface area contributed by atoms with Crippen LogP contribution in [0.4, 0.5) is 13.2 Å². The Kier molecular flexibility index (Phi) is 7.93. The van der Waals surface area contributed by atoms with Crippen LogP contribution in [-0.4, -0.2) is 54.9 Å². The van der Waals surface area contributed by atoms with E-state index in [0.29, 0.717) is 23.6 Å². The maximum Gasteiger partial charge on any atom is 0.522 e. The molecule has 1 aliphatic heterocycles. The molecular weight excluding hydrogens is 447 g/mol. The van der Waals surface area contributed by atoms with Crippen molar-refractivity contribution < 1.29 is 41.3 Å². The van der Waals surface area contributed by atoms with Gasteiger partial charge in [0, 0.05) is 5.02 Å². The molecule has 0 radical (unpaired) electrons. The van der Waals surface area contributed by atoms with Gasteiger partial charge in [0.05, 0.1) is 19.3 Å². The minimum absolute atomic E-state index is 0.141. The second-order valence-electron chi connectivity index (χ2n) is 6.46. The summed E-state index contributed by atoms with van der Waals surface area (Å²) in [5.41, 5.74) is 0. The highest BCUT2D eigenvalue weighted by molar-refractivity contribution is 6.30. The molecule has 1 amide bonds. The van der Waals surface area contributed by atoms with E-state index in [9.17, 15) is 18.0 Å². The Labute approximate surface area is 179 Å². The molecule has 1 aromatic carbocycles. The molecule has 2 atom stereocenters. The maximum absolute atomic E-state index is 12.0. The highest BCUT2D eigenvalue weighted by Gasteiger charge is 2.30. The number of alkyl halides is 3.